The van der Waals surface area contributed by atoms with Gasteiger partial charge in [-0.15, -0.1) is 0 Å². The van der Waals surface area contributed by atoms with Crippen LogP contribution in [-0.4, -0.2) is 105 Å². The standard InChI is InChI=1S/C12H14F2O7S.C12H14F2O6S2.C12H14F2O6S/c13-12(14,22-21-20-16)11(15)19-9-7-17-6-8-18-10-4-2-1-3-5-10;13-12(14,22-20-19-16)11(15)18-7-9-21-8-6-17-10-4-2-1-3-5-10;13-12(14,21-20-19-16)11(15)18-9-8-17-7-6-10-4-2-1-3-5-10/h2*1-5,16H,6-9H2;1-5,16H,6-9H2/p-3. The van der Waals surface area contributed by atoms with Crippen LogP contribution in [0.2, 0.25) is 0 Å². The minimum atomic E-state index is -4.04. The maximum atomic E-state index is 12.9. The van der Waals surface area contributed by atoms with Gasteiger partial charge in [-0.3, -0.25) is 15.1 Å². The van der Waals surface area contributed by atoms with E-state index in [1.807, 2.05) is 78.9 Å². The molecule has 65 heavy (non-hydrogen) atoms. The van der Waals surface area contributed by atoms with Crippen molar-refractivity contribution in [3.05, 3.63) is 96.6 Å². The minimum Gasteiger partial charge on any atom is -0.691 e. The van der Waals surface area contributed by atoms with Gasteiger partial charge in [0.15, 0.2) is 0 Å². The molecule has 0 spiro atoms. The average Bonchev–Trinajstić information content (AvgIpc) is 3.31. The zero-order chi connectivity index (χ0) is 48.1. The largest absolute Gasteiger partial charge is 0.691 e. The van der Waals surface area contributed by atoms with Crippen LogP contribution in [0.15, 0.2) is 91.0 Å². The Kier molecular flexibility index (Phi) is 33.1. The average molecular weight is 1020 g/mol. The molecular formula is C36H39F6O19S4-3. The van der Waals surface area contributed by atoms with Crippen molar-refractivity contribution in [2.45, 2.75) is 22.2 Å². The lowest BCUT2D eigenvalue weighted by Gasteiger charge is -2.14. The van der Waals surface area contributed by atoms with Crippen LogP contribution < -0.4 is 25.2 Å². The van der Waals surface area contributed by atoms with Crippen LogP contribution >= 0.6 is 47.9 Å². The minimum absolute atomic E-state index is 0.0156. The highest BCUT2D eigenvalue weighted by Gasteiger charge is 2.45. The predicted molar refractivity (Wildman–Crippen MR) is 210 cm³/mol. The number of esters is 3. The lowest BCUT2D eigenvalue weighted by atomic mass is 10.2. The summed E-state index contributed by atoms with van der Waals surface area (Å²) < 4.78 is 122. The zero-order valence-electron chi connectivity index (χ0n) is 33.3. The van der Waals surface area contributed by atoms with E-state index in [0.717, 1.165) is 11.3 Å². The third-order valence-corrected chi connectivity index (χ3v) is 8.86. The number of alkyl halides is 6. The molecular weight excluding hydrogens is 979 g/mol. The fraction of sp³-hybridized carbons (Fsp3) is 0.417. The molecule has 0 atom stereocenters. The highest BCUT2D eigenvalue weighted by molar-refractivity contribution is 7.99. The fourth-order valence-corrected chi connectivity index (χ4v) is 5.04. The molecule has 0 aliphatic rings. The molecule has 0 unspecified atom stereocenters. The Morgan fingerprint density at radius 2 is 0.800 bits per heavy atom. The van der Waals surface area contributed by atoms with Gasteiger partial charge >= 0.3 is 33.7 Å². The zero-order valence-corrected chi connectivity index (χ0v) is 36.6. The van der Waals surface area contributed by atoms with Crippen LogP contribution in [0.3, 0.4) is 0 Å². The van der Waals surface area contributed by atoms with E-state index in [4.69, 9.17) is 18.9 Å². The molecule has 0 aliphatic heterocycles. The molecule has 3 aromatic rings. The number of rotatable bonds is 32. The van der Waals surface area contributed by atoms with Gasteiger partial charge in [-0.1, -0.05) is 66.7 Å². The van der Waals surface area contributed by atoms with E-state index in [-0.39, 0.29) is 46.2 Å². The second kappa shape index (κ2) is 36.3. The SMILES string of the molecule is O=C(OCCOCCOc1ccccc1)C(F)(F)SOO[O-].O=C(OCCOCCc1ccccc1)C(F)(F)SOO[O-].O=C(OCCSCCOc1ccccc1)C(F)(F)SOO[O-]. The summed E-state index contributed by atoms with van der Waals surface area (Å²) in [5.74, 6) is -3.12. The van der Waals surface area contributed by atoms with Crippen molar-refractivity contribution < 1.29 is 118 Å². The summed E-state index contributed by atoms with van der Waals surface area (Å²) in [6.07, 6.45) is 0.662. The molecule has 3 rings (SSSR count). The molecule has 0 heterocycles. The van der Waals surface area contributed by atoms with E-state index in [9.17, 15) is 56.5 Å². The lowest BCUT2D eigenvalue weighted by Crippen LogP contribution is -2.29. The number of carbonyl (C=O) groups is 3. The fourth-order valence-electron chi connectivity index (χ4n) is 3.72. The van der Waals surface area contributed by atoms with Gasteiger partial charge in [-0.2, -0.15) is 51.1 Å². The van der Waals surface area contributed by atoms with Crippen LogP contribution in [0, 0.1) is 0 Å². The number of benzene rings is 3. The van der Waals surface area contributed by atoms with Crippen molar-refractivity contribution in [2.75, 3.05) is 71.0 Å². The summed E-state index contributed by atoms with van der Waals surface area (Å²) in [5, 5.41) is 24.4. The van der Waals surface area contributed by atoms with Gasteiger partial charge in [-0.05, 0) is 36.2 Å². The second-order valence-corrected chi connectivity index (χ2v) is 14.7. The first-order valence-electron chi connectivity index (χ1n) is 17.9. The van der Waals surface area contributed by atoms with E-state index in [1.165, 1.54) is 11.8 Å². The van der Waals surface area contributed by atoms with Crippen LogP contribution in [0.4, 0.5) is 26.3 Å². The molecule has 0 N–H and O–H groups in total. The van der Waals surface area contributed by atoms with E-state index in [0.29, 0.717) is 36.9 Å². The molecule has 0 bridgehead atoms. The summed E-state index contributed by atoms with van der Waals surface area (Å²) in [6, 6.07) is 27.8. The van der Waals surface area contributed by atoms with E-state index in [1.54, 1.807) is 12.1 Å². The molecule has 0 saturated heterocycles. The normalized spacial score (nSPS) is 11.3. The Hall–Kier alpha value is -3.79. The summed E-state index contributed by atoms with van der Waals surface area (Å²) in [4.78, 5) is 32.9. The van der Waals surface area contributed by atoms with Gasteiger partial charge in [0, 0.05) is 11.5 Å². The first-order valence-corrected chi connectivity index (χ1v) is 21.3. The van der Waals surface area contributed by atoms with Crippen LogP contribution in [0.25, 0.3) is 0 Å². The van der Waals surface area contributed by atoms with Gasteiger partial charge in [0.25, 0.3) is 0 Å². The van der Waals surface area contributed by atoms with Crippen molar-refractivity contribution in [2.24, 2.45) is 0 Å². The predicted octanol–water partition coefficient (Wildman–Crippen LogP) is 4.15. The van der Waals surface area contributed by atoms with Gasteiger partial charge in [-0.25, -0.2) is 14.4 Å². The Bertz CT molecular complexity index is 1590. The number of ether oxygens (including phenoxy) is 7. The van der Waals surface area contributed by atoms with E-state index >= 15 is 0 Å². The van der Waals surface area contributed by atoms with Crippen LogP contribution in [-0.2, 0) is 72.6 Å². The monoisotopic (exact) mass is 1020 g/mol. The Balaban J connectivity index is 0.000000488. The smallest absolute Gasteiger partial charge is 0.415 e. The van der Waals surface area contributed by atoms with Gasteiger partial charge in [0.1, 0.15) is 74.1 Å². The molecule has 0 aliphatic carbocycles. The van der Waals surface area contributed by atoms with Crippen LogP contribution in [0.5, 0.6) is 11.5 Å². The summed E-state index contributed by atoms with van der Waals surface area (Å²) >= 11 is -0.808. The van der Waals surface area contributed by atoms with Gasteiger partial charge in [0.2, 0.25) is 0 Å². The molecule has 19 nitrogen and oxygen atoms in total. The van der Waals surface area contributed by atoms with Crippen molar-refractivity contribution in [3.63, 3.8) is 0 Å². The van der Waals surface area contributed by atoms with Crippen molar-refractivity contribution in [1.82, 2.24) is 0 Å². The molecule has 0 radical (unpaired) electrons. The molecule has 0 fully saturated rings. The highest BCUT2D eigenvalue weighted by atomic mass is 32.2. The molecule has 0 amide bonds. The first kappa shape index (κ1) is 59.2. The highest BCUT2D eigenvalue weighted by Crippen LogP contribution is 2.32. The number of hydrogen-bond donors (Lipinski definition) is 0. The molecule has 0 aromatic heterocycles. The summed E-state index contributed by atoms with van der Waals surface area (Å²) in [5.41, 5.74) is 1.08. The topological polar surface area (TPSA) is 240 Å². The number of para-hydroxylation sites is 2. The summed E-state index contributed by atoms with van der Waals surface area (Å²) in [6.45, 7) is 0.290. The van der Waals surface area contributed by atoms with Crippen molar-refractivity contribution in [3.8, 4) is 11.5 Å². The maximum absolute atomic E-state index is 12.9. The molecule has 0 saturated carbocycles. The van der Waals surface area contributed by atoms with E-state index < -0.39 is 69.8 Å². The van der Waals surface area contributed by atoms with E-state index in [2.05, 4.69) is 42.3 Å². The Morgan fingerprint density at radius 3 is 1.23 bits per heavy atom. The van der Waals surface area contributed by atoms with Crippen molar-refractivity contribution in [1.29, 1.82) is 0 Å². The number of carbonyl (C=O) groups excluding carboxylic acids is 3. The van der Waals surface area contributed by atoms with Crippen molar-refractivity contribution >= 4 is 65.8 Å². The molecule has 3 aromatic carbocycles. The van der Waals surface area contributed by atoms with Crippen LogP contribution in [0.1, 0.15) is 5.56 Å². The number of halogens is 6. The second-order valence-electron chi connectivity index (χ2n) is 11.0. The van der Waals surface area contributed by atoms with Gasteiger partial charge in [0.05, 0.1) is 33.0 Å². The first-order chi connectivity index (χ1) is 31.2. The third kappa shape index (κ3) is 30.2. The number of hydrogen-bond acceptors (Lipinski definition) is 23. The number of thioether (sulfide) groups is 1. The maximum Gasteiger partial charge on any atom is 0.415 e. The Morgan fingerprint density at radius 1 is 0.446 bits per heavy atom. The lowest BCUT2D eigenvalue weighted by molar-refractivity contribution is -0.777. The Labute approximate surface area is 383 Å². The quantitative estimate of drug-likeness (QED) is 0.0162. The van der Waals surface area contributed by atoms with Gasteiger partial charge < -0.3 is 48.9 Å². The molecule has 29 heteroatoms. The third-order valence-electron chi connectivity index (χ3n) is 6.45. The summed E-state index contributed by atoms with van der Waals surface area (Å²) in [7, 11) is 0. The molecule has 366 valence electrons.